The maximum atomic E-state index is 12.9. The molecule has 3 N–H and O–H groups in total. The van der Waals surface area contributed by atoms with Gasteiger partial charge in [0.2, 0.25) is 0 Å². The first kappa shape index (κ1) is 19.0. The van der Waals surface area contributed by atoms with Crippen molar-refractivity contribution in [2.75, 3.05) is 38.5 Å². The van der Waals surface area contributed by atoms with Gasteiger partial charge in [-0.05, 0) is 49.9 Å². The maximum Gasteiger partial charge on any atom is 0.252 e. The molecule has 1 aliphatic carbocycles. The second-order valence-corrected chi connectivity index (χ2v) is 8.00. The zero-order valence-corrected chi connectivity index (χ0v) is 16.4. The van der Waals surface area contributed by atoms with E-state index >= 15 is 0 Å². The van der Waals surface area contributed by atoms with Crippen molar-refractivity contribution in [3.8, 4) is 0 Å². The first-order valence-electron chi connectivity index (χ1n) is 10.4. The van der Waals surface area contributed by atoms with Crippen molar-refractivity contribution in [1.82, 2.24) is 15.1 Å². The van der Waals surface area contributed by atoms with E-state index in [1.54, 1.807) is 0 Å². The number of nitrogens with one attached hydrogen (secondary N) is 1. The summed E-state index contributed by atoms with van der Waals surface area (Å²) in [7, 11) is 0. The van der Waals surface area contributed by atoms with Crippen LogP contribution in [-0.2, 0) is 0 Å². The van der Waals surface area contributed by atoms with Gasteiger partial charge in [0.15, 0.2) is 0 Å². The molecule has 0 spiro atoms. The Hall–Kier alpha value is -2.37. The average Bonchev–Trinajstić information content (AvgIpc) is 3.55. The van der Waals surface area contributed by atoms with E-state index in [2.05, 4.69) is 15.1 Å². The number of amides is 1. The van der Waals surface area contributed by atoms with E-state index < -0.39 is 0 Å². The van der Waals surface area contributed by atoms with Gasteiger partial charge in [0.25, 0.3) is 5.91 Å². The third-order valence-electron chi connectivity index (χ3n) is 5.80. The molecule has 1 unspecified atom stereocenters. The molecule has 1 atom stereocenters. The zero-order chi connectivity index (χ0) is 19.3. The summed E-state index contributed by atoms with van der Waals surface area (Å²) in [5.74, 6) is 0.845. The highest BCUT2D eigenvalue weighted by Crippen LogP contribution is 2.30. The smallest absolute Gasteiger partial charge is 0.252 e. The third-order valence-corrected chi connectivity index (χ3v) is 5.80. The lowest BCUT2D eigenvalue weighted by Gasteiger charge is -2.32. The van der Waals surface area contributed by atoms with Crippen molar-refractivity contribution >= 4 is 11.6 Å². The third kappa shape index (κ3) is 4.72. The molecule has 1 aliphatic heterocycles. The topological polar surface area (TPSA) is 61.6 Å². The van der Waals surface area contributed by atoms with Gasteiger partial charge >= 0.3 is 0 Å². The largest absolute Gasteiger partial charge is 0.398 e. The van der Waals surface area contributed by atoms with Crippen molar-refractivity contribution in [3.63, 3.8) is 0 Å². The fraction of sp³-hybridized carbons (Fsp3) is 0.435. The monoisotopic (exact) mass is 378 g/mol. The SMILES string of the molecule is Nc1ccccc1C(NC(=O)c1ccccc1)N1CCCN(CC2CC2)CC1. The molecule has 5 nitrogen and oxygen atoms in total. The second-order valence-electron chi connectivity index (χ2n) is 8.00. The molecule has 0 bridgehead atoms. The molecule has 4 rings (SSSR count). The van der Waals surface area contributed by atoms with Crippen LogP contribution in [0.1, 0.15) is 41.3 Å². The van der Waals surface area contributed by atoms with Gasteiger partial charge in [0.1, 0.15) is 6.17 Å². The molecule has 1 amide bonds. The van der Waals surface area contributed by atoms with Gasteiger partial charge in [-0.2, -0.15) is 0 Å². The minimum Gasteiger partial charge on any atom is -0.398 e. The van der Waals surface area contributed by atoms with Crippen LogP contribution in [0.2, 0.25) is 0 Å². The number of rotatable bonds is 6. The van der Waals surface area contributed by atoms with Crippen LogP contribution < -0.4 is 11.1 Å². The normalized spacial score (nSPS) is 19.7. The average molecular weight is 379 g/mol. The summed E-state index contributed by atoms with van der Waals surface area (Å²) in [6.07, 6.45) is 3.67. The Balaban J connectivity index is 1.52. The van der Waals surface area contributed by atoms with Crippen LogP contribution in [-0.4, -0.2) is 48.4 Å². The summed E-state index contributed by atoms with van der Waals surface area (Å²) in [6.45, 7) is 5.29. The number of anilines is 1. The molecule has 5 heteroatoms. The Morgan fingerprint density at radius 2 is 1.75 bits per heavy atom. The molecule has 2 aliphatic rings. The number of para-hydroxylation sites is 1. The molecule has 2 aromatic rings. The number of carbonyl (C=O) groups excluding carboxylic acids is 1. The standard InChI is InChI=1S/C23H30N4O/c24-21-10-5-4-9-20(21)22(25-23(28)19-7-2-1-3-8-19)27-14-6-13-26(15-16-27)17-18-11-12-18/h1-5,7-10,18,22H,6,11-17,24H2,(H,25,28). The first-order valence-corrected chi connectivity index (χ1v) is 10.4. The summed E-state index contributed by atoms with van der Waals surface area (Å²) >= 11 is 0. The van der Waals surface area contributed by atoms with Gasteiger partial charge in [-0.15, -0.1) is 0 Å². The highest BCUT2D eigenvalue weighted by Gasteiger charge is 2.29. The van der Waals surface area contributed by atoms with E-state index in [0.717, 1.165) is 49.8 Å². The molecule has 0 radical (unpaired) electrons. The first-order chi connectivity index (χ1) is 13.7. The summed E-state index contributed by atoms with van der Waals surface area (Å²) in [4.78, 5) is 17.9. The number of carbonyl (C=O) groups is 1. The van der Waals surface area contributed by atoms with Gasteiger partial charge < -0.3 is 16.0 Å². The van der Waals surface area contributed by atoms with Crippen LogP contribution in [0.15, 0.2) is 54.6 Å². The van der Waals surface area contributed by atoms with E-state index in [1.165, 1.54) is 19.4 Å². The van der Waals surface area contributed by atoms with Crippen molar-refractivity contribution in [3.05, 3.63) is 65.7 Å². The lowest BCUT2D eigenvalue weighted by Crippen LogP contribution is -2.43. The lowest BCUT2D eigenvalue weighted by atomic mass is 10.1. The highest BCUT2D eigenvalue weighted by molar-refractivity contribution is 5.94. The summed E-state index contributed by atoms with van der Waals surface area (Å²) < 4.78 is 0. The van der Waals surface area contributed by atoms with E-state index in [-0.39, 0.29) is 12.1 Å². The fourth-order valence-corrected chi connectivity index (χ4v) is 4.02. The molecular formula is C23H30N4O. The molecular weight excluding hydrogens is 348 g/mol. The molecule has 148 valence electrons. The highest BCUT2D eigenvalue weighted by atomic mass is 16.1. The quantitative estimate of drug-likeness (QED) is 0.758. The number of hydrogen-bond donors (Lipinski definition) is 2. The van der Waals surface area contributed by atoms with Gasteiger partial charge in [0.05, 0.1) is 0 Å². The minimum atomic E-state index is -0.213. The molecule has 28 heavy (non-hydrogen) atoms. The second kappa shape index (κ2) is 8.76. The molecule has 1 saturated heterocycles. The number of hydrogen-bond acceptors (Lipinski definition) is 4. The van der Waals surface area contributed by atoms with Crippen LogP contribution >= 0.6 is 0 Å². The Kier molecular flexibility index (Phi) is 5.93. The van der Waals surface area contributed by atoms with E-state index in [1.807, 2.05) is 54.6 Å². The molecule has 2 fully saturated rings. The van der Waals surface area contributed by atoms with Crippen LogP contribution in [0.25, 0.3) is 0 Å². The summed E-state index contributed by atoms with van der Waals surface area (Å²) in [5.41, 5.74) is 8.66. The van der Waals surface area contributed by atoms with E-state index in [0.29, 0.717) is 5.56 Å². The Morgan fingerprint density at radius 3 is 2.50 bits per heavy atom. The predicted octanol–water partition coefficient (Wildman–Crippen LogP) is 3.12. The molecule has 1 saturated carbocycles. The number of nitrogens with zero attached hydrogens (tertiary/aromatic N) is 2. The van der Waals surface area contributed by atoms with Gasteiger partial charge in [-0.3, -0.25) is 9.69 Å². The molecule has 2 aromatic carbocycles. The van der Waals surface area contributed by atoms with Crippen LogP contribution in [0.5, 0.6) is 0 Å². The predicted molar refractivity (Wildman–Crippen MR) is 113 cm³/mol. The molecule has 0 aromatic heterocycles. The zero-order valence-electron chi connectivity index (χ0n) is 16.4. The van der Waals surface area contributed by atoms with Crippen LogP contribution in [0.4, 0.5) is 5.69 Å². The van der Waals surface area contributed by atoms with E-state index in [4.69, 9.17) is 5.73 Å². The van der Waals surface area contributed by atoms with Crippen molar-refractivity contribution in [2.24, 2.45) is 5.92 Å². The van der Waals surface area contributed by atoms with Crippen LogP contribution in [0.3, 0.4) is 0 Å². The number of nitrogen functional groups attached to an aromatic ring is 1. The van der Waals surface area contributed by atoms with Crippen molar-refractivity contribution in [1.29, 1.82) is 0 Å². The Labute approximate surface area is 167 Å². The lowest BCUT2D eigenvalue weighted by molar-refractivity contribution is 0.0850. The van der Waals surface area contributed by atoms with E-state index in [9.17, 15) is 4.79 Å². The summed E-state index contributed by atoms with van der Waals surface area (Å²) in [6, 6.07) is 17.3. The Morgan fingerprint density at radius 1 is 1.00 bits per heavy atom. The minimum absolute atomic E-state index is 0.0621. The van der Waals surface area contributed by atoms with Gasteiger partial charge in [-0.1, -0.05) is 36.4 Å². The van der Waals surface area contributed by atoms with Crippen molar-refractivity contribution < 1.29 is 4.79 Å². The molecule has 1 heterocycles. The van der Waals surface area contributed by atoms with Crippen molar-refractivity contribution in [2.45, 2.75) is 25.4 Å². The maximum absolute atomic E-state index is 12.9. The fourth-order valence-electron chi connectivity index (χ4n) is 4.02. The number of benzene rings is 2. The van der Waals surface area contributed by atoms with Gasteiger partial charge in [0, 0.05) is 43.0 Å². The summed E-state index contributed by atoms with van der Waals surface area (Å²) in [5, 5.41) is 3.24. The Bertz CT molecular complexity index is 790. The van der Waals surface area contributed by atoms with Gasteiger partial charge in [-0.25, -0.2) is 0 Å². The van der Waals surface area contributed by atoms with Crippen LogP contribution in [0, 0.1) is 5.92 Å². The number of nitrogens with two attached hydrogens (primary N) is 1.